The van der Waals surface area contributed by atoms with Crippen LogP contribution in [-0.2, 0) is 6.54 Å². The maximum Gasteiger partial charge on any atom is 0.252 e. The number of nitrogens with zero attached hydrogens (tertiary/aromatic N) is 1. The summed E-state index contributed by atoms with van der Waals surface area (Å²) in [6, 6.07) is 11.7. The van der Waals surface area contributed by atoms with Crippen molar-refractivity contribution in [3.8, 4) is 9.88 Å². The summed E-state index contributed by atoms with van der Waals surface area (Å²) in [5.41, 5.74) is 1.69. The van der Waals surface area contributed by atoms with Gasteiger partial charge in [0.2, 0.25) is 0 Å². The molecule has 0 fully saturated rings. The number of halogens is 1. The fourth-order valence-electron chi connectivity index (χ4n) is 2.00. The molecule has 3 rings (SSSR count). The number of carbonyl (C=O) groups excluding carboxylic acids is 1. The Labute approximate surface area is 150 Å². The Bertz CT molecular complexity index is 796. The van der Waals surface area contributed by atoms with Crippen LogP contribution in [0.2, 0.25) is 0 Å². The smallest absolute Gasteiger partial charge is 0.252 e. The second-order valence-electron chi connectivity index (χ2n) is 4.67. The van der Waals surface area contributed by atoms with Gasteiger partial charge in [0, 0.05) is 8.45 Å². The van der Waals surface area contributed by atoms with Gasteiger partial charge in [-0.3, -0.25) is 4.79 Å². The molecule has 0 aliphatic heterocycles. The third-order valence-corrected chi connectivity index (χ3v) is 6.29. The van der Waals surface area contributed by atoms with Crippen LogP contribution in [0, 0.1) is 10.5 Å². The Morgan fingerprint density at radius 3 is 2.82 bits per heavy atom. The Balaban J connectivity index is 1.72. The monoisotopic (exact) mass is 440 g/mol. The first-order valence-corrected chi connectivity index (χ1v) is 9.45. The number of aryl methyl sites for hydroxylation is 1. The van der Waals surface area contributed by atoms with Crippen molar-refractivity contribution in [2.75, 3.05) is 0 Å². The molecule has 0 radical (unpaired) electrons. The molecule has 0 saturated heterocycles. The van der Waals surface area contributed by atoms with Gasteiger partial charge in [0.25, 0.3) is 5.91 Å². The quantitative estimate of drug-likeness (QED) is 0.597. The lowest BCUT2D eigenvalue weighted by Gasteiger charge is -2.05. The zero-order valence-corrected chi connectivity index (χ0v) is 15.6. The Kier molecular flexibility index (Phi) is 4.90. The highest BCUT2D eigenvalue weighted by atomic mass is 127. The van der Waals surface area contributed by atoms with Crippen LogP contribution < -0.4 is 5.32 Å². The van der Waals surface area contributed by atoms with E-state index in [4.69, 9.17) is 0 Å². The maximum absolute atomic E-state index is 12.3. The topological polar surface area (TPSA) is 42.0 Å². The number of hydrogen-bond acceptors (Lipinski definition) is 4. The van der Waals surface area contributed by atoms with Gasteiger partial charge < -0.3 is 5.32 Å². The average molecular weight is 440 g/mol. The molecule has 3 nitrogen and oxygen atoms in total. The van der Waals surface area contributed by atoms with Gasteiger partial charge in [-0.2, -0.15) is 0 Å². The molecule has 22 heavy (non-hydrogen) atoms. The predicted molar refractivity (Wildman–Crippen MR) is 100 cm³/mol. The number of thiazole rings is 1. The zero-order valence-electron chi connectivity index (χ0n) is 11.8. The molecular formula is C16H13IN2OS2. The molecule has 1 aromatic carbocycles. The third-order valence-electron chi connectivity index (χ3n) is 3.15. The highest BCUT2D eigenvalue weighted by Crippen LogP contribution is 2.31. The molecule has 2 aromatic heterocycles. The van der Waals surface area contributed by atoms with E-state index in [0.29, 0.717) is 12.1 Å². The molecule has 0 unspecified atom stereocenters. The van der Waals surface area contributed by atoms with E-state index in [-0.39, 0.29) is 5.91 Å². The van der Waals surface area contributed by atoms with Crippen LogP contribution in [0.25, 0.3) is 9.88 Å². The summed E-state index contributed by atoms with van der Waals surface area (Å²) in [5, 5.41) is 6.05. The van der Waals surface area contributed by atoms with Crippen molar-refractivity contribution in [1.29, 1.82) is 0 Å². The fraction of sp³-hybridized carbons (Fsp3) is 0.125. The molecule has 1 N–H and O–H groups in total. The summed E-state index contributed by atoms with van der Waals surface area (Å²) < 4.78 is 0.956. The second kappa shape index (κ2) is 6.89. The number of thiophene rings is 1. The molecule has 6 heteroatoms. The minimum atomic E-state index is -0.0459. The molecule has 0 bridgehead atoms. The van der Waals surface area contributed by atoms with Gasteiger partial charge in [-0.05, 0) is 53.1 Å². The summed E-state index contributed by atoms with van der Waals surface area (Å²) >= 11 is 5.50. The molecule has 0 saturated carbocycles. The standard InChI is InChI=1S/C16H13IN2OS2/c1-10-14(22-16(19-10)13-7-4-8-21-13)9-18-15(20)11-5-2-3-6-12(11)17/h2-8H,9H2,1H3,(H,18,20). The molecule has 0 aliphatic rings. The lowest BCUT2D eigenvalue weighted by molar-refractivity contribution is 0.0950. The molecule has 0 spiro atoms. The Morgan fingerprint density at radius 2 is 2.09 bits per heavy atom. The second-order valence-corrected chi connectivity index (χ2v) is 7.86. The van der Waals surface area contributed by atoms with Crippen LogP contribution in [0.3, 0.4) is 0 Å². The van der Waals surface area contributed by atoms with E-state index < -0.39 is 0 Å². The number of benzene rings is 1. The first-order chi connectivity index (χ1) is 10.6. The minimum absolute atomic E-state index is 0.0459. The van der Waals surface area contributed by atoms with Crippen LogP contribution in [0.4, 0.5) is 0 Å². The van der Waals surface area contributed by atoms with Gasteiger partial charge >= 0.3 is 0 Å². The number of nitrogens with one attached hydrogen (secondary N) is 1. The van der Waals surface area contributed by atoms with Gasteiger partial charge in [-0.25, -0.2) is 4.98 Å². The van der Waals surface area contributed by atoms with E-state index in [0.717, 1.165) is 19.1 Å². The molecule has 1 amide bonds. The number of amides is 1. The lowest BCUT2D eigenvalue weighted by Crippen LogP contribution is -2.23. The van der Waals surface area contributed by atoms with E-state index in [2.05, 4.69) is 39.0 Å². The van der Waals surface area contributed by atoms with E-state index in [9.17, 15) is 4.79 Å². The largest absolute Gasteiger partial charge is 0.347 e. The van der Waals surface area contributed by atoms with Crippen LogP contribution >= 0.6 is 45.3 Å². The normalized spacial score (nSPS) is 10.6. The van der Waals surface area contributed by atoms with Crippen molar-refractivity contribution in [1.82, 2.24) is 10.3 Å². The van der Waals surface area contributed by atoms with Crippen LogP contribution in [0.15, 0.2) is 41.8 Å². The van der Waals surface area contributed by atoms with Crippen molar-refractivity contribution in [2.45, 2.75) is 13.5 Å². The van der Waals surface area contributed by atoms with Gasteiger partial charge in [0.1, 0.15) is 5.01 Å². The van der Waals surface area contributed by atoms with E-state index in [1.807, 2.05) is 42.6 Å². The van der Waals surface area contributed by atoms with Gasteiger partial charge in [0.15, 0.2) is 0 Å². The summed E-state index contributed by atoms with van der Waals surface area (Å²) in [6.45, 7) is 2.50. The first-order valence-electron chi connectivity index (χ1n) is 6.68. The Morgan fingerprint density at radius 1 is 1.27 bits per heavy atom. The minimum Gasteiger partial charge on any atom is -0.347 e. The van der Waals surface area contributed by atoms with E-state index in [1.165, 1.54) is 4.88 Å². The summed E-state index contributed by atoms with van der Waals surface area (Å²) in [4.78, 5) is 19.1. The lowest BCUT2D eigenvalue weighted by atomic mass is 10.2. The molecular weight excluding hydrogens is 427 g/mol. The van der Waals surface area contributed by atoms with Gasteiger partial charge in [0.05, 0.1) is 22.7 Å². The maximum atomic E-state index is 12.3. The van der Waals surface area contributed by atoms with E-state index in [1.54, 1.807) is 22.7 Å². The van der Waals surface area contributed by atoms with Gasteiger partial charge in [-0.1, -0.05) is 18.2 Å². The number of hydrogen-bond donors (Lipinski definition) is 1. The van der Waals surface area contributed by atoms with Gasteiger partial charge in [-0.15, -0.1) is 22.7 Å². The number of carbonyl (C=O) groups is 1. The van der Waals surface area contributed by atoms with Crippen molar-refractivity contribution in [3.63, 3.8) is 0 Å². The van der Waals surface area contributed by atoms with Crippen LogP contribution in [0.5, 0.6) is 0 Å². The SMILES string of the molecule is Cc1nc(-c2cccs2)sc1CNC(=O)c1ccccc1I. The van der Waals surface area contributed by atoms with E-state index >= 15 is 0 Å². The van der Waals surface area contributed by atoms with Crippen molar-refractivity contribution in [2.24, 2.45) is 0 Å². The number of aromatic nitrogens is 1. The van der Waals surface area contributed by atoms with Crippen molar-refractivity contribution in [3.05, 3.63) is 61.5 Å². The first kappa shape index (κ1) is 15.6. The third kappa shape index (κ3) is 3.39. The average Bonchev–Trinajstić information content (AvgIpc) is 3.15. The molecule has 2 heterocycles. The van der Waals surface area contributed by atoms with Crippen molar-refractivity contribution < 1.29 is 4.79 Å². The summed E-state index contributed by atoms with van der Waals surface area (Å²) in [6.07, 6.45) is 0. The molecule has 3 aromatic rings. The Hall–Kier alpha value is -1.25. The summed E-state index contributed by atoms with van der Waals surface area (Å²) in [5.74, 6) is -0.0459. The van der Waals surface area contributed by atoms with Crippen molar-refractivity contribution >= 4 is 51.2 Å². The predicted octanol–water partition coefficient (Wildman–Crippen LogP) is 4.71. The molecule has 0 aliphatic carbocycles. The fourth-order valence-corrected chi connectivity index (χ4v) is 4.43. The highest BCUT2D eigenvalue weighted by Gasteiger charge is 2.13. The van der Waals surface area contributed by atoms with Crippen LogP contribution in [-0.4, -0.2) is 10.9 Å². The summed E-state index contributed by atoms with van der Waals surface area (Å²) in [7, 11) is 0. The highest BCUT2D eigenvalue weighted by molar-refractivity contribution is 14.1. The molecule has 0 atom stereocenters. The molecule has 112 valence electrons. The number of rotatable bonds is 4. The van der Waals surface area contributed by atoms with Crippen LogP contribution in [0.1, 0.15) is 20.9 Å². The zero-order chi connectivity index (χ0) is 15.5.